The number of thioether (sulfide) groups is 1. The summed E-state index contributed by atoms with van der Waals surface area (Å²) in [6.07, 6.45) is 0.833. The van der Waals surface area contributed by atoms with Crippen LogP contribution in [-0.4, -0.2) is 53.3 Å². The zero-order valence-corrected chi connectivity index (χ0v) is 19.7. The molecule has 4 heterocycles. The standard InChI is InChI=1S/C21H23N7O2S2/c1-4-9-27(12-18-23-25-21(30-18)16-6-5-10-31-16)20(29)13-32-19-8-7-17(22-24-19)28-15(3)11-14(2)26-28/h5-8,10-11H,4,9,12-13H2,1-3H3. The van der Waals surface area contributed by atoms with Gasteiger partial charge < -0.3 is 9.32 Å². The second kappa shape index (κ2) is 10.0. The molecule has 0 aliphatic heterocycles. The number of rotatable bonds is 9. The van der Waals surface area contributed by atoms with Gasteiger partial charge in [-0.25, -0.2) is 4.68 Å². The monoisotopic (exact) mass is 469 g/mol. The van der Waals surface area contributed by atoms with Crippen LogP contribution in [0.15, 0.2) is 45.2 Å². The van der Waals surface area contributed by atoms with Crippen LogP contribution in [0.1, 0.15) is 30.6 Å². The van der Waals surface area contributed by atoms with Crippen LogP contribution in [0.3, 0.4) is 0 Å². The van der Waals surface area contributed by atoms with Crippen molar-refractivity contribution < 1.29 is 9.21 Å². The van der Waals surface area contributed by atoms with Gasteiger partial charge in [0.2, 0.25) is 11.8 Å². The minimum atomic E-state index is -0.0165. The van der Waals surface area contributed by atoms with Crippen molar-refractivity contribution in [3.05, 3.63) is 53.0 Å². The molecule has 0 unspecified atom stereocenters. The maximum absolute atomic E-state index is 12.8. The molecule has 11 heteroatoms. The quantitative estimate of drug-likeness (QED) is 0.340. The molecule has 32 heavy (non-hydrogen) atoms. The predicted octanol–water partition coefficient (Wildman–Crippen LogP) is 3.92. The summed E-state index contributed by atoms with van der Waals surface area (Å²) in [4.78, 5) is 15.5. The van der Waals surface area contributed by atoms with Gasteiger partial charge in [0.05, 0.1) is 22.9 Å². The average molecular weight is 470 g/mol. The Hall–Kier alpha value is -3.05. The molecule has 0 aliphatic rings. The Labute approximate surface area is 193 Å². The van der Waals surface area contributed by atoms with E-state index in [0.29, 0.717) is 29.2 Å². The van der Waals surface area contributed by atoms with Crippen LogP contribution in [0.5, 0.6) is 0 Å². The van der Waals surface area contributed by atoms with Crippen LogP contribution in [0.4, 0.5) is 0 Å². The van der Waals surface area contributed by atoms with Gasteiger partial charge in [0.15, 0.2) is 5.82 Å². The number of thiophene rings is 1. The summed E-state index contributed by atoms with van der Waals surface area (Å²) in [5, 5.41) is 23.7. The highest BCUT2D eigenvalue weighted by atomic mass is 32.2. The highest BCUT2D eigenvalue weighted by Crippen LogP contribution is 2.23. The fourth-order valence-corrected chi connectivity index (χ4v) is 4.49. The zero-order chi connectivity index (χ0) is 22.5. The largest absolute Gasteiger partial charge is 0.418 e. The van der Waals surface area contributed by atoms with E-state index >= 15 is 0 Å². The lowest BCUT2D eigenvalue weighted by Gasteiger charge is -2.19. The maximum Gasteiger partial charge on any atom is 0.257 e. The van der Waals surface area contributed by atoms with Crippen LogP contribution in [-0.2, 0) is 11.3 Å². The molecule has 0 N–H and O–H groups in total. The van der Waals surface area contributed by atoms with Crippen molar-refractivity contribution in [2.24, 2.45) is 0 Å². The summed E-state index contributed by atoms with van der Waals surface area (Å²) in [6.45, 7) is 6.83. The van der Waals surface area contributed by atoms with E-state index in [1.165, 1.54) is 23.1 Å². The van der Waals surface area contributed by atoms with Gasteiger partial charge in [0.25, 0.3) is 5.89 Å². The third-order valence-electron chi connectivity index (χ3n) is 4.57. The van der Waals surface area contributed by atoms with Crippen LogP contribution < -0.4 is 0 Å². The van der Waals surface area contributed by atoms with Crippen molar-refractivity contribution >= 4 is 29.0 Å². The molecular formula is C21H23N7O2S2. The Kier molecular flexibility index (Phi) is 6.96. The molecule has 0 saturated heterocycles. The second-order valence-corrected chi connectivity index (χ2v) is 9.09. The molecule has 4 rings (SSSR count). The van der Waals surface area contributed by atoms with E-state index in [2.05, 4.69) is 25.5 Å². The average Bonchev–Trinajstić information content (AvgIpc) is 3.53. The lowest BCUT2D eigenvalue weighted by Crippen LogP contribution is -2.32. The predicted molar refractivity (Wildman–Crippen MR) is 123 cm³/mol. The normalized spacial score (nSPS) is 11.1. The highest BCUT2D eigenvalue weighted by Gasteiger charge is 2.18. The Balaban J connectivity index is 1.36. The van der Waals surface area contributed by atoms with Gasteiger partial charge in [-0.05, 0) is 49.9 Å². The van der Waals surface area contributed by atoms with E-state index in [1.54, 1.807) is 9.58 Å². The zero-order valence-electron chi connectivity index (χ0n) is 18.1. The smallest absolute Gasteiger partial charge is 0.257 e. The van der Waals surface area contributed by atoms with Crippen molar-refractivity contribution in [2.75, 3.05) is 12.3 Å². The van der Waals surface area contributed by atoms with Gasteiger partial charge in [0, 0.05) is 12.2 Å². The first kappa shape index (κ1) is 22.2. The summed E-state index contributed by atoms with van der Waals surface area (Å²) in [7, 11) is 0. The van der Waals surface area contributed by atoms with Gasteiger partial charge in [-0.15, -0.1) is 31.7 Å². The lowest BCUT2D eigenvalue weighted by atomic mass is 10.4. The molecule has 4 aromatic heterocycles. The topological polar surface area (TPSA) is 103 Å². The SMILES string of the molecule is CCCN(Cc1nnc(-c2cccs2)o1)C(=O)CSc1ccc(-n2nc(C)cc2C)nn1. The molecule has 0 radical (unpaired) electrons. The Morgan fingerprint density at radius 3 is 2.72 bits per heavy atom. The molecule has 9 nitrogen and oxygen atoms in total. The summed E-state index contributed by atoms with van der Waals surface area (Å²) >= 11 is 2.88. The molecule has 166 valence electrons. The molecule has 0 spiro atoms. The van der Waals surface area contributed by atoms with Gasteiger partial charge in [0.1, 0.15) is 5.03 Å². The number of nitrogens with zero attached hydrogens (tertiary/aromatic N) is 7. The molecule has 0 fully saturated rings. The van der Waals surface area contributed by atoms with Crippen molar-refractivity contribution in [1.29, 1.82) is 0 Å². The minimum Gasteiger partial charge on any atom is -0.418 e. The van der Waals surface area contributed by atoms with Crippen LogP contribution in [0.25, 0.3) is 16.6 Å². The van der Waals surface area contributed by atoms with Crippen molar-refractivity contribution in [2.45, 2.75) is 38.8 Å². The summed E-state index contributed by atoms with van der Waals surface area (Å²) in [5.74, 6) is 1.79. The van der Waals surface area contributed by atoms with Gasteiger partial charge in [-0.1, -0.05) is 24.8 Å². The van der Waals surface area contributed by atoms with E-state index < -0.39 is 0 Å². The fraction of sp³-hybridized carbons (Fsp3) is 0.333. The first-order valence-corrected chi connectivity index (χ1v) is 12.0. The first-order valence-electron chi connectivity index (χ1n) is 10.2. The van der Waals surface area contributed by atoms with Crippen LogP contribution >= 0.6 is 23.1 Å². The van der Waals surface area contributed by atoms with Gasteiger partial charge in [-0.3, -0.25) is 4.79 Å². The third kappa shape index (κ3) is 5.22. The van der Waals surface area contributed by atoms with E-state index in [9.17, 15) is 4.79 Å². The van der Waals surface area contributed by atoms with Gasteiger partial charge >= 0.3 is 0 Å². The summed E-state index contributed by atoms with van der Waals surface area (Å²) in [6, 6.07) is 9.55. The number of carbonyl (C=O) groups excluding carboxylic acids is 1. The van der Waals surface area contributed by atoms with E-state index in [1.807, 2.05) is 56.5 Å². The molecular weight excluding hydrogens is 446 g/mol. The van der Waals surface area contributed by atoms with Crippen molar-refractivity contribution in [3.63, 3.8) is 0 Å². The van der Waals surface area contributed by atoms with E-state index in [4.69, 9.17) is 4.42 Å². The van der Waals surface area contributed by atoms with Crippen molar-refractivity contribution in [1.82, 2.24) is 35.1 Å². The second-order valence-electron chi connectivity index (χ2n) is 7.15. The van der Waals surface area contributed by atoms with E-state index in [0.717, 1.165) is 22.7 Å². The summed E-state index contributed by atoms with van der Waals surface area (Å²) in [5.41, 5.74) is 1.92. The number of carbonyl (C=O) groups is 1. The van der Waals surface area contributed by atoms with Crippen LogP contribution in [0.2, 0.25) is 0 Å². The van der Waals surface area contributed by atoms with E-state index in [-0.39, 0.29) is 18.2 Å². The Bertz CT molecular complexity index is 1170. The van der Waals surface area contributed by atoms with Gasteiger partial charge in [-0.2, -0.15) is 5.10 Å². The molecule has 1 amide bonds. The molecule has 0 atom stereocenters. The number of hydrogen-bond acceptors (Lipinski definition) is 9. The summed E-state index contributed by atoms with van der Waals surface area (Å²) < 4.78 is 7.49. The minimum absolute atomic E-state index is 0.0165. The Morgan fingerprint density at radius 1 is 1.19 bits per heavy atom. The fourth-order valence-electron chi connectivity index (χ4n) is 3.13. The third-order valence-corrected chi connectivity index (χ3v) is 6.33. The Morgan fingerprint density at radius 2 is 2.06 bits per heavy atom. The lowest BCUT2D eigenvalue weighted by molar-refractivity contribution is -0.129. The number of aryl methyl sites for hydroxylation is 2. The van der Waals surface area contributed by atoms with Crippen LogP contribution in [0, 0.1) is 13.8 Å². The number of amides is 1. The molecule has 0 bridgehead atoms. The highest BCUT2D eigenvalue weighted by molar-refractivity contribution is 7.99. The molecule has 4 aromatic rings. The maximum atomic E-state index is 12.8. The van der Waals surface area contributed by atoms with Crippen molar-refractivity contribution in [3.8, 4) is 16.6 Å². The molecule has 0 aliphatic carbocycles. The molecule has 0 aromatic carbocycles. The molecule has 0 saturated carbocycles. The first-order chi connectivity index (χ1) is 15.5. The number of aromatic nitrogens is 6. The number of hydrogen-bond donors (Lipinski definition) is 0.